The Morgan fingerprint density at radius 1 is 1.00 bits per heavy atom. The zero-order chi connectivity index (χ0) is 32.4. The van der Waals surface area contributed by atoms with Crippen molar-refractivity contribution in [3.05, 3.63) is 101 Å². The fraction of sp³-hybridized carbons (Fsp3) is 0.344. The summed E-state index contributed by atoms with van der Waals surface area (Å²) in [5.74, 6) is -1.41. The lowest BCUT2D eigenvalue weighted by atomic mass is 9.99. The van der Waals surface area contributed by atoms with E-state index in [1.165, 1.54) is 18.2 Å². The number of amides is 1. The van der Waals surface area contributed by atoms with Gasteiger partial charge < -0.3 is 20.5 Å². The van der Waals surface area contributed by atoms with E-state index < -0.39 is 39.5 Å². The number of carbonyl (C=O) groups excluding carboxylic acids is 1. The summed E-state index contributed by atoms with van der Waals surface area (Å²) in [6.07, 6.45) is -0.300. The van der Waals surface area contributed by atoms with E-state index in [1.54, 1.807) is 13.2 Å². The highest BCUT2D eigenvalue weighted by atomic mass is 32.2. The number of hydroxylamine groups is 1. The summed E-state index contributed by atoms with van der Waals surface area (Å²) in [6, 6.07) is 13.3. The standard InChI is InChI=1S/C32H39F2N3O6S/c1-20(2)19-43-37-21(3)24-13-25(15-29(14-24)44(5,40)41)32(39)36-30(12-23-9-26(33)16-27(34)10-23)31(38)18-35-17-22-7-6-8-28(11-22)42-4/h6-11,13-16,20,30-31,35,37-38H,3,12,17-19H2,1-2,4-5H3,(H,36,39)/t30-,31+/m0/s1. The van der Waals surface area contributed by atoms with E-state index in [0.29, 0.717) is 24.5 Å². The molecule has 0 aliphatic rings. The Hall–Kier alpha value is -3.84. The molecule has 3 rings (SSSR count). The first kappa shape index (κ1) is 34.6. The van der Waals surface area contributed by atoms with Gasteiger partial charge in [-0.2, -0.15) is 0 Å². The van der Waals surface area contributed by atoms with Gasteiger partial charge in [0, 0.05) is 36.5 Å². The van der Waals surface area contributed by atoms with E-state index in [-0.39, 0.29) is 40.6 Å². The quantitative estimate of drug-likeness (QED) is 0.175. The van der Waals surface area contributed by atoms with Crippen LogP contribution in [0, 0.1) is 17.6 Å². The second kappa shape index (κ2) is 15.8. The number of halogens is 2. The number of benzene rings is 3. The molecule has 0 aliphatic heterocycles. The van der Waals surface area contributed by atoms with E-state index >= 15 is 0 Å². The Morgan fingerprint density at radius 3 is 2.32 bits per heavy atom. The van der Waals surface area contributed by atoms with Crippen molar-refractivity contribution >= 4 is 21.4 Å². The lowest BCUT2D eigenvalue weighted by Gasteiger charge is -2.25. The largest absolute Gasteiger partial charge is 0.497 e. The SMILES string of the molecule is C=C(NOCC(C)C)c1cc(C(=O)N[C@@H](Cc2cc(F)cc(F)c2)[C@H](O)CNCc2cccc(OC)c2)cc(S(C)(=O)=O)c1. The van der Waals surface area contributed by atoms with Gasteiger partial charge in [0.2, 0.25) is 0 Å². The molecule has 0 heterocycles. The summed E-state index contributed by atoms with van der Waals surface area (Å²) in [5.41, 5.74) is 4.28. The Balaban J connectivity index is 1.85. The van der Waals surface area contributed by atoms with Crippen molar-refractivity contribution in [3.63, 3.8) is 0 Å². The number of hydrogen-bond donors (Lipinski definition) is 4. The number of sulfone groups is 1. The van der Waals surface area contributed by atoms with Gasteiger partial charge in [0.15, 0.2) is 9.84 Å². The molecule has 0 bridgehead atoms. The van der Waals surface area contributed by atoms with E-state index in [1.807, 2.05) is 32.0 Å². The van der Waals surface area contributed by atoms with Gasteiger partial charge in [-0.25, -0.2) is 17.2 Å². The van der Waals surface area contributed by atoms with Crippen LogP contribution in [0.5, 0.6) is 5.75 Å². The Bertz CT molecular complexity index is 1550. The number of nitrogens with one attached hydrogen (secondary N) is 3. The van der Waals surface area contributed by atoms with Crippen molar-refractivity contribution in [1.29, 1.82) is 0 Å². The monoisotopic (exact) mass is 631 g/mol. The smallest absolute Gasteiger partial charge is 0.251 e. The second-order valence-corrected chi connectivity index (χ2v) is 12.9. The first-order chi connectivity index (χ1) is 20.7. The normalized spacial score (nSPS) is 12.9. The number of methoxy groups -OCH3 is 1. The fourth-order valence-electron chi connectivity index (χ4n) is 4.28. The lowest BCUT2D eigenvalue weighted by molar-refractivity contribution is 0.0581. The maximum Gasteiger partial charge on any atom is 0.251 e. The van der Waals surface area contributed by atoms with Crippen molar-refractivity contribution in [2.24, 2.45) is 5.92 Å². The van der Waals surface area contributed by atoms with Crippen molar-refractivity contribution in [1.82, 2.24) is 16.1 Å². The topological polar surface area (TPSA) is 126 Å². The molecule has 0 radical (unpaired) electrons. The number of aliphatic hydroxyl groups is 1. The molecule has 9 nitrogen and oxygen atoms in total. The van der Waals surface area contributed by atoms with Gasteiger partial charge in [0.1, 0.15) is 17.4 Å². The van der Waals surface area contributed by atoms with Gasteiger partial charge in [-0.15, -0.1) is 0 Å². The highest BCUT2D eigenvalue weighted by Crippen LogP contribution is 2.21. The maximum absolute atomic E-state index is 14.0. The van der Waals surface area contributed by atoms with Gasteiger partial charge in [0.05, 0.1) is 36.5 Å². The lowest BCUT2D eigenvalue weighted by Crippen LogP contribution is -2.48. The summed E-state index contributed by atoms with van der Waals surface area (Å²) in [5, 5.41) is 17.0. The third-order valence-corrected chi connectivity index (χ3v) is 7.63. The summed E-state index contributed by atoms with van der Waals surface area (Å²) in [7, 11) is -2.18. The molecule has 3 aromatic rings. The summed E-state index contributed by atoms with van der Waals surface area (Å²) in [4.78, 5) is 18.8. The summed E-state index contributed by atoms with van der Waals surface area (Å²) >= 11 is 0. The molecule has 0 saturated heterocycles. The van der Waals surface area contributed by atoms with Crippen LogP contribution in [0.15, 0.2) is 72.1 Å². The average Bonchev–Trinajstić information content (AvgIpc) is 2.95. The van der Waals surface area contributed by atoms with Crippen LogP contribution >= 0.6 is 0 Å². The number of hydrogen-bond acceptors (Lipinski definition) is 8. The Labute approximate surface area is 257 Å². The molecular formula is C32H39F2N3O6S. The van der Waals surface area contributed by atoms with Gasteiger partial charge in [-0.05, 0) is 65.9 Å². The van der Waals surface area contributed by atoms with Crippen LogP contribution in [0.25, 0.3) is 5.70 Å². The molecule has 0 unspecified atom stereocenters. The molecule has 1 amide bonds. The number of carbonyl (C=O) groups is 1. The molecular weight excluding hydrogens is 592 g/mol. The molecule has 0 spiro atoms. The minimum atomic E-state index is -3.74. The number of rotatable bonds is 16. The van der Waals surface area contributed by atoms with Crippen LogP contribution in [0.3, 0.4) is 0 Å². The van der Waals surface area contributed by atoms with Crippen molar-refractivity contribution in [3.8, 4) is 5.75 Å². The zero-order valence-corrected chi connectivity index (χ0v) is 26.0. The first-order valence-corrected chi connectivity index (χ1v) is 15.8. The molecule has 4 N–H and O–H groups in total. The second-order valence-electron chi connectivity index (χ2n) is 10.9. The highest BCUT2D eigenvalue weighted by molar-refractivity contribution is 7.90. The highest BCUT2D eigenvalue weighted by Gasteiger charge is 2.24. The van der Waals surface area contributed by atoms with Crippen molar-refractivity contribution in [2.75, 3.05) is 26.5 Å². The minimum Gasteiger partial charge on any atom is -0.497 e. The van der Waals surface area contributed by atoms with E-state index in [0.717, 1.165) is 30.0 Å². The van der Waals surface area contributed by atoms with Crippen LogP contribution in [-0.4, -0.2) is 58.1 Å². The molecule has 0 aliphatic carbocycles. The molecule has 0 saturated carbocycles. The van der Waals surface area contributed by atoms with Gasteiger partial charge in [0.25, 0.3) is 5.91 Å². The maximum atomic E-state index is 14.0. The fourth-order valence-corrected chi connectivity index (χ4v) is 4.96. The van der Waals surface area contributed by atoms with Crippen LogP contribution in [0.1, 0.15) is 40.9 Å². The van der Waals surface area contributed by atoms with Crippen molar-refractivity contribution in [2.45, 2.75) is 43.9 Å². The van der Waals surface area contributed by atoms with Gasteiger partial charge >= 0.3 is 0 Å². The van der Waals surface area contributed by atoms with E-state index in [9.17, 15) is 27.1 Å². The third-order valence-electron chi connectivity index (χ3n) is 6.53. The van der Waals surface area contributed by atoms with Gasteiger partial charge in [-0.1, -0.05) is 32.6 Å². The molecule has 44 heavy (non-hydrogen) atoms. The molecule has 2 atom stereocenters. The van der Waals surface area contributed by atoms with Crippen LogP contribution < -0.4 is 20.9 Å². The molecule has 0 aromatic heterocycles. The number of aliphatic hydroxyl groups excluding tert-OH is 1. The van der Waals surface area contributed by atoms with Gasteiger partial charge in [-0.3, -0.25) is 15.1 Å². The number of ether oxygens (including phenoxy) is 1. The molecule has 0 fully saturated rings. The first-order valence-electron chi connectivity index (χ1n) is 13.9. The van der Waals surface area contributed by atoms with Crippen molar-refractivity contribution < 1.29 is 36.7 Å². The van der Waals surface area contributed by atoms with Crippen LogP contribution in [0.2, 0.25) is 0 Å². The van der Waals surface area contributed by atoms with Crippen LogP contribution in [-0.2, 0) is 27.6 Å². The minimum absolute atomic E-state index is 0.0164. The van der Waals surface area contributed by atoms with E-state index in [2.05, 4.69) is 22.7 Å². The summed E-state index contributed by atoms with van der Waals surface area (Å²) < 4.78 is 58.1. The molecule has 238 valence electrons. The zero-order valence-electron chi connectivity index (χ0n) is 25.2. The summed E-state index contributed by atoms with van der Waals surface area (Å²) in [6.45, 7) is 8.55. The average molecular weight is 632 g/mol. The van der Waals surface area contributed by atoms with E-state index in [4.69, 9.17) is 9.57 Å². The Kier molecular flexibility index (Phi) is 12.4. The Morgan fingerprint density at radius 2 is 1.68 bits per heavy atom. The third kappa shape index (κ3) is 10.7. The van der Waals surface area contributed by atoms with Crippen LogP contribution in [0.4, 0.5) is 8.78 Å². The molecule has 12 heteroatoms. The molecule has 3 aromatic carbocycles. The predicted octanol–water partition coefficient (Wildman–Crippen LogP) is 4.02. The predicted molar refractivity (Wildman–Crippen MR) is 165 cm³/mol.